The van der Waals surface area contributed by atoms with Crippen LogP contribution in [0.4, 0.5) is 0 Å². The van der Waals surface area contributed by atoms with Crippen molar-refractivity contribution < 1.29 is 18.9 Å². The molecule has 0 fully saturated rings. The van der Waals surface area contributed by atoms with Gasteiger partial charge in [0.25, 0.3) is 0 Å². The molecule has 0 spiro atoms. The third-order valence-electron chi connectivity index (χ3n) is 14.9. The molecule has 0 radical (unpaired) electrons. The molecule has 8 heteroatoms. The van der Waals surface area contributed by atoms with Gasteiger partial charge < -0.3 is 18.9 Å². The van der Waals surface area contributed by atoms with Crippen molar-refractivity contribution in [1.82, 2.24) is 19.9 Å². The molecule has 11 aromatic rings. The zero-order valence-electron chi connectivity index (χ0n) is 47.5. The lowest BCUT2D eigenvalue weighted by molar-refractivity contribution is 0.309. The number of benzene rings is 9. The molecule has 2 heterocycles. The molecule has 82 heavy (non-hydrogen) atoms. The first kappa shape index (κ1) is 54.8. The number of aromatic nitrogens is 4. The van der Waals surface area contributed by atoms with Gasteiger partial charge in [0, 0.05) is 22.3 Å². The van der Waals surface area contributed by atoms with Crippen LogP contribution in [-0.2, 0) is 0 Å². The van der Waals surface area contributed by atoms with Crippen molar-refractivity contribution in [3.8, 4) is 113 Å². The minimum Gasteiger partial charge on any atom is -0.494 e. The molecule has 0 N–H and O–H groups in total. The highest BCUT2D eigenvalue weighted by Gasteiger charge is 2.19. The van der Waals surface area contributed by atoms with Crippen molar-refractivity contribution >= 4 is 22.1 Å². The highest BCUT2D eigenvalue weighted by atomic mass is 16.5. The lowest BCUT2D eigenvalue weighted by atomic mass is 9.98. The van der Waals surface area contributed by atoms with Crippen LogP contribution in [0.5, 0.6) is 23.0 Å². The summed E-state index contributed by atoms with van der Waals surface area (Å²) in [6.45, 7) is 11.6. The Labute approximate surface area is 482 Å². The smallest absolute Gasteiger partial charge is 0.119 e. The second-order valence-electron chi connectivity index (χ2n) is 20.9. The van der Waals surface area contributed by atoms with Crippen LogP contribution >= 0.6 is 0 Å². The summed E-state index contributed by atoms with van der Waals surface area (Å²) in [6, 6.07) is 71.9. The van der Waals surface area contributed by atoms with Crippen LogP contribution in [0.2, 0.25) is 0 Å². The Hall–Kier alpha value is -9.14. The predicted octanol–water partition coefficient (Wildman–Crippen LogP) is 19.6. The SMILES string of the molecule is CCCCOc1ccc(-c2ccc(-c3nc4cc5nc(-c6ccc(-c7ccc(OCCCC)cc7)cc6)c(-c6ccc(-c7ccc(OCCCC)cc7)cc6)nc5cc4nc3-c3ccc(-c4ccc(OCCCC)cc4)cc3)cc2)cc1. The maximum Gasteiger partial charge on any atom is 0.119 e. The van der Waals surface area contributed by atoms with E-state index in [2.05, 4.69) is 222 Å². The van der Waals surface area contributed by atoms with Gasteiger partial charge in [-0.1, -0.05) is 199 Å². The van der Waals surface area contributed by atoms with Crippen molar-refractivity contribution in [3.05, 3.63) is 206 Å². The van der Waals surface area contributed by atoms with Crippen LogP contribution in [0.15, 0.2) is 206 Å². The Bertz CT molecular complexity index is 3340. The molecule has 0 amide bonds. The van der Waals surface area contributed by atoms with Crippen LogP contribution in [0.1, 0.15) is 79.1 Å². The van der Waals surface area contributed by atoms with Crippen LogP contribution in [-0.4, -0.2) is 46.4 Å². The van der Waals surface area contributed by atoms with Gasteiger partial charge in [-0.2, -0.15) is 0 Å². The summed E-state index contributed by atoms with van der Waals surface area (Å²) < 4.78 is 23.9. The van der Waals surface area contributed by atoms with Gasteiger partial charge in [0.15, 0.2) is 0 Å². The highest BCUT2D eigenvalue weighted by Crippen LogP contribution is 2.38. The van der Waals surface area contributed by atoms with E-state index in [1.807, 2.05) is 12.1 Å². The third kappa shape index (κ3) is 13.0. The largest absolute Gasteiger partial charge is 0.494 e. The standard InChI is InChI=1S/C74H70N4O4/c1-5-9-45-79-63-37-29-55(30-38-63)51-13-21-59(22-14-51)71-72(60-23-15-52(16-24-60)56-31-39-64(40-32-56)80-46-10-6-2)76-68-50-70-69(49-67(68)75-71)77-73(61-25-17-53(18-26-61)57-33-41-65(42-34-57)81-47-11-7-3)74(78-70)62-27-19-54(20-28-62)58-35-43-66(44-36-58)82-48-12-8-4/h13-44,49-50H,5-12,45-48H2,1-4H3. The number of hydrogen-bond donors (Lipinski definition) is 0. The van der Waals surface area contributed by atoms with Gasteiger partial charge in [-0.25, -0.2) is 19.9 Å². The second kappa shape index (κ2) is 26.4. The zero-order chi connectivity index (χ0) is 56.0. The number of rotatable bonds is 24. The molecule has 0 aliphatic rings. The maximum absolute atomic E-state index is 5.97. The van der Waals surface area contributed by atoms with E-state index >= 15 is 0 Å². The average Bonchev–Trinajstić information content (AvgIpc) is 3.44. The molecular formula is C74H70N4O4. The normalized spacial score (nSPS) is 11.3. The maximum atomic E-state index is 5.97. The summed E-state index contributed by atoms with van der Waals surface area (Å²) in [5.74, 6) is 3.53. The molecule has 0 atom stereocenters. The topological polar surface area (TPSA) is 88.5 Å². The molecule has 0 saturated carbocycles. The van der Waals surface area contributed by atoms with Gasteiger partial charge in [0.2, 0.25) is 0 Å². The molecule has 0 bridgehead atoms. The molecule has 9 aromatic carbocycles. The van der Waals surface area contributed by atoms with E-state index in [0.717, 1.165) is 212 Å². The minimum atomic E-state index is 0.718. The Morgan fingerprint density at radius 1 is 0.220 bits per heavy atom. The molecule has 0 unspecified atom stereocenters. The van der Waals surface area contributed by atoms with Gasteiger partial charge in [0.05, 0.1) is 71.3 Å². The fourth-order valence-corrected chi connectivity index (χ4v) is 10.0. The highest BCUT2D eigenvalue weighted by molar-refractivity contribution is 5.97. The first-order valence-electron chi connectivity index (χ1n) is 29.3. The molecular weight excluding hydrogens is 1010 g/mol. The van der Waals surface area contributed by atoms with Crippen LogP contribution in [0, 0.1) is 0 Å². The minimum absolute atomic E-state index is 0.718. The number of fused-ring (bicyclic) bond motifs is 2. The first-order chi connectivity index (χ1) is 40.4. The molecule has 410 valence electrons. The Balaban J connectivity index is 0.984. The summed E-state index contributed by atoms with van der Waals surface area (Å²) in [7, 11) is 0. The van der Waals surface area contributed by atoms with E-state index in [1.165, 1.54) is 0 Å². The average molecular weight is 1080 g/mol. The number of hydrogen-bond acceptors (Lipinski definition) is 8. The van der Waals surface area contributed by atoms with E-state index < -0.39 is 0 Å². The van der Waals surface area contributed by atoms with Crippen LogP contribution in [0.3, 0.4) is 0 Å². The zero-order valence-corrected chi connectivity index (χ0v) is 47.5. The van der Waals surface area contributed by atoms with Crippen molar-refractivity contribution in [3.63, 3.8) is 0 Å². The van der Waals surface area contributed by atoms with Gasteiger partial charge >= 0.3 is 0 Å². The third-order valence-corrected chi connectivity index (χ3v) is 14.9. The molecule has 0 saturated heterocycles. The van der Waals surface area contributed by atoms with Crippen LogP contribution in [0.25, 0.3) is 112 Å². The van der Waals surface area contributed by atoms with E-state index in [4.69, 9.17) is 38.9 Å². The molecule has 0 aliphatic heterocycles. The fourth-order valence-electron chi connectivity index (χ4n) is 10.0. The Morgan fingerprint density at radius 3 is 0.549 bits per heavy atom. The summed E-state index contributed by atoms with van der Waals surface area (Å²) >= 11 is 0. The Kier molecular flexibility index (Phi) is 17.7. The summed E-state index contributed by atoms with van der Waals surface area (Å²) in [4.78, 5) is 21.9. The van der Waals surface area contributed by atoms with Crippen molar-refractivity contribution in [2.75, 3.05) is 26.4 Å². The summed E-state index contributed by atoms with van der Waals surface area (Å²) in [5.41, 5.74) is 18.7. The van der Waals surface area contributed by atoms with Gasteiger partial charge in [-0.05, 0) is 131 Å². The van der Waals surface area contributed by atoms with Gasteiger partial charge in [-0.3, -0.25) is 0 Å². The number of ether oxygens (including phenoxy) is 4. The van der Waals surface area contributed by atoms with E-state index in [0.29, 0.717) is 0 Å². The molecule has 0 aliphatic carbocycles. The number of nitrogens with zero attached hydrogens (tertiary/aromatic N) is 4. The van der Waals surface area contributed by atoms with Gasteiger partial charge in [-0.15, -0.1) is 0 Å². The Morgan fingerprint density at radius 2 is 0.378 bits per heavy atom. The van der Waals surface area contributed by atoms with Crippen molar-refractivity contribution in [1.29, 1.82) is 0 Å². The van der Waals surface area contributed by atoms with Crippen LogP contribution < -0.4 is 18.9 Å². The molecule has 11 rings (SSSR count). The van der Waals surface area contributed by atoms with Crippen molar-refractivity contribution in [2.45, 2.75) is 79.1 Å². The molecule has 2 aromatic heterocycles. The first-order valence-corrected chi connectivity index (χ1v) is 29.3. The quantitative estimate of drug-likeness (QED) is 0.0437. The summed E-state index contributed by atoms with van der Waals surface area (Å²) in [6.07, 6.45) is 8.52. The molecule has 8 nitrogen and oxygen atoms in total. The lowest BCUT2D eigenvalue weighted by Gasteiger charge is -2.14. The van der Waals surface area contributed by atoms with E-state index in [-0.39, 0.29) is 0 Å². The monoisotopic (exact) mass is 1080 g/mol. The number of unbranched alkanes of at least 4 members (excludes halogenated alkanes) is 4. The van der Waals surface area contributed by atoms with E-state index in [1.54, 1.807) is 0 Å². The fraction of sp³-hybridized carbons (Fsp3) is 0.216. The summed E-state index contributed by atoms with van der Waals surface area (Å²) in [5, 5.41) is 0. The van der Waals surface area contributed by atoms with Gasteiger partial charge in [0.1, 0.15) is 23.0 Å². The lowest BCUT2D eigenvalue weighted by Crippen LogP contribution is -1.99. The second-order valence-corrected chi connectivity index (χ2v) is 20.9. The van der Waals surface area contributed by atoms with E-state index in [9.17, 15) is 0 Å². The van der Waals surface area contributed by atoms with Crippen molar-refractivity contribution in [2.24, 2.45) is 0 Å². The predicted molar refractivity (Wildman–Crippen MR) is 338 cm³/mol.